The van der Waals surface area contributed by atoms with E-state index in [1.165, 1.54) is 4.90 Å². The summed E-state index contributed by atoms with van der Waals surface area (Å²) >= 11 is 0. The maximum Gasteiger partial charge on any atom is 0.313 e. The van der Waals surface area contributed by atoms with Crippen LogP contribution in [-0.2, 0) is 37.0 Å². The summed E-state index contributed by atoms with van der Waals surface area (Å²) < 4.78 is 0. The lowest BCUT2D eigenvalue weighted by molar-refractivity contribution is -0.148. The van der Waals surface area contributed by atoms with Gasteiger partial charge in [-0.25, -0.2) is 5.48 Å². The molecule has 34 heavy (non-hydrogen) atoms. The van der Waals surface area contributed by atoms with Gasteiger partial charge < -0.3 is 10.2 Å². The van der Waals surface area contributed by atoms with E-state index in [1.54, 1.807) is 0 Å². The number of hydrogen-bond donors (Lipinski definition) is 2. The highest BCUT2D eigenvalue weighted by molar-refractivity contribution is 6.38. The first-order valence-corrected chi connectivity index (χ1v) is 11.6. The molecule has 2 N–H and O–H groups in total. The van der Waals surface area contributed by atoms with Crippen LogP contribution in [-0.4, -0.2) is 47.1 Å². The van der Waals surface area contributed by atoms with E-state index in [9.17, 15) is 19.2 Å². The molecule has 1 aliphatic heterocycles. The number of nitrogens with zero attached hydrogens (tertiary/aromatic N) is 1. The van der Waals surface area contributed by atoms with Gasteiger partial charge in [0, 0.05) is 19.4 Å². The molecular weight excluding hydrogens is 434 g/mol. The van der Waals surface area contributed by atoms with Crippen molar-refractivity contribution in [3.63, 3.8) is 0 Å². The molecule has 4 rings (SSSR count). The lowest BCUT2D eigenvalue weighted by Crippen LogP contribution is -2.53. The molecule has 0 bridgehead atoms. The average Bonchev–Trinajstić information content (AvgIpc) is 3.61. The largest absolute Gasteiger partial charge is 0.344 e. The SMILES string of the molecule is O=C(NOCC1CC1)C(=O)C(Cc1ccccc1)NC(=O)C1CCC(=O)N1Cc1ccccc1. The van der Waals surface area contributed by atoms with Crippen LogP contribution in [0, 0.1) is 5.92 Å². The van der Waals surface area contributed by atoms with Crippen molar-refractivity contribution < 1.29 is 24.0 Å². The van der Waals surface area contributed by atoms with Crippen molar-refractivity contribution in [1.29, 1.82) is 0 Å². The van der Waals surface area contributed by atoms with E-state index in [0.717, 1.165) is 24.0 Å². The number of likely N-dealkylation sites (tertiary alicyclic amines) is 1. The van der Waals surface area contributed by atoms with Gasteiger partial charge in [0.05, 0.1) is 6.61 Å². The van der Waals surface area contributed by atoms with Gasteiger partial charge in [-0.05, 0) is 36.3 Å². The minimum Gasteiger partial charge on any atom is -0.344 e. The predicted molar refractivity (Wildman–Crippen MR) is 124 cm³/mol. The van der Waals surface area contributed by atoms with E-state index in [0.29, 0.717) is 25.5 Å². The van der Waals surface area contributed by atoms with E-state index in [4.69, 9.17) is 4.84 Å². The van der Waals surface area contributed by atoms with Crippen molar-refractivity contribution in [2.75, 3.05) is 6.61 Å². The van der Waals surface area contributed by atoms with E-state index in [-0.39, 0.29) is 18.7 Å². The molecule has 2 unspecified atom stereocenters. The number of hydrogen-bond acceptors (Lipinski definition) is 5. The highest BCUT2D eigenvalue weighted by atomic mass is 16.7. The summed E-state index contributed by atoms with van der Waals surface area (Å²) in [7, 11) is 0. The normalized spacial score (nSPS) is 18.4. The number of carbonyl (C=O) groups is 4. The molecule has 2 fully saturated rings. The molecule has 3 amide bonds. The summed E-state index contributed by atoms with van der Waals surface area (Å²) in [5.74, 6) is -1.81. The lowest BCUT2D eigenvalue weighted by Gasteiger charge is -2.26. The average molecular weight is 464 g/mol. The summed E-state index contributed by atoms with van der Waals surface area (Å²) in [6.45, 7) is 0.678. The van der Waals surface area contributed by atoms with Crippen molar-refractivity contribution in [1.82, 2.24) is 15.7 Å². The molecule has 8 heteroatoms. The fourth-order valence-corrected chi connectivity index (χ4v) is 4.03. The van der Waals surface area contributed by atoms with Gasteiger partial charge in [-0.15, -0.1) is 0 Å². The first kappa shape index (κ1) is 23.6. The molecule has 2 aliphatic rings. The second kappa shape index (κ2) is 11.1. The molecule has 2 aromatic rings. The first-order chi connectivity index (χ1) is 16.5. The van der Waals surface area contributed by atoms with E-state index in [2.05, 4.69) is 10.8 Å². The molecule has 8 nitrogen and oxygen atoms in total. The van der Waals surface area contributed by atoms with E-state index < -0.39 is 29.7 Å². The molecule has 2 atom stereocenters. The van der Waals surface area contributed by atoms with Crippen LogP contribution in [0.1, 0.15) is 36.8 Å². The Morgan fingerprint density at radius 2 is 1.59 bits per heavy atom. The fourth-order valence-electron chi connectivity index (χ4n) is 4.03. The number of benzene rings is 2. The summed E-state index contributed by atoms with van der Waals surface area (Å²) in [6.07, 6.45) is 2.88. The van der Waals surface area contributed by atoms with Crippen LogP contribution in [0.5, 0.6) is 0 Å². The highest BCUT2D eigenvalue weighted by Gasteiger charge is 2.38. The Labute approximate surface area is 198 Å². The van der Waals surface area contributed by atoms with Crippen molar-refractivity contribution in [2.45, 2.75) is 50.7 Å². The Hall–Kier alpha value is -3.52. The second-order valence-electron chi connectivity index (χ2n) is 8.86. The minimum absolute atomic E-state index is 0.110. The first-order valence-electron chi connectivity index (χ1n) is 11.6. The van der Waals surface area contributed by atoms with Crippen molar-refractivity contribution in [3.8, 4) is 0 Å². The summed E-state index contributed by atoms with van der Waals surface area (Å²) in [5, 5.41) is 2.74. The monoisotopic (exact) mass is 463 g/mol. The van der Waals surface area contributed by atoms with E-state index >= 15 is 0 Å². The van der Waals surface area contributed by atoms with Crippen molar-refractivity contribution >= 4 is 23.5 Å². The van der Waals surface area contributed by atoms with Crippen molar-refractivity contribution in [3.05, 3.63) is 71.8 Å². The molecule has 0 radical (unpaired) electrons. The van der Waals surface area contributed by atoms with Crippen LogP contribution in [0.2, 0.25) is 0 Å². The fraction of sp³-hybridized carbons (Fsp3) is 0.385. The molecule has 1 saturated heterocycles. The topological polar surface area (TPSA) is 105 Å². The summed E-state index contributed by atoms with van der Waals surface area (Å²) in [4.78, 5) is 57.8. The Bertz CT molecular complexity index is 1020. The molecule has 1 aliphatic carbocycles. The smallest absolute Gasteiger partial charge is 0.313 e. The zero-order valence-corrected chi connectivity index (χ0v) is 18.9. The van der Waals surface area contributed by atoms with Crippen LogP contribution in [0.25, 0.3) is 0 Å². The Kier molecular flexibility index (Phi) is 7.69. The third-order valence-corrected chi connectivity index (χ3v) is 6.15. The van der Waals surface area contributed by atoms with Gasteiger partial charge in [0.25, 0.3) is 0 Å². The molecule has 1 saturated carbocycles. The molecule has 0 spiro atoms. The Morgan fingerprint density at radius 1 is 0.941 bits per heavy atom. The second-order valence-corrected chi connectivity index (χ2v) is 8.86. The van der Waals surface area contributed by atoms with Gasteiger partial charge in [0.2, 0.25) is 17.6 Å². The van der Waals surface area contributed by atoms with Crippen molar-refractivity contribution in [2.24, 2.45) is 5.92 Å². The van der Waals surface area contributed by atoms with Gasteiger partial charge >= 0.3 is 5.91 Å². The number of Topliss-reactive ketones (excluding diaryl/α,β-unsaturated/α-hetero) is 1. The van der Waals surface area contributed by atoms with Gasteiger partial charge in [-0.2, -0.15) is 0 Å². The molecule has 0 aromatic heterocycles. The zero-order valence-electron chi connectivity index (χ0n) is 18.9. The number of amides is 3. The molecule has 1 heterocycles. The number of nitrogens with one attached hydrogen (secondary N) is 2. The highest BCUT2D eigenvalue weighted by Crippen LogP contribution is 2.28. The number of carbonyl (C=O) groups excluding carboxylic acids is 4. The minimum atomic E-state index is -1.08. The molecular formula is C26H29N3O5. The van der Waals surface area contributed by atoms with Gasteiger partial charge in [0.1, 0.15) is 12.1 Å². The van der Waals surface area contributed by atoms with E-state index in [1.807, 2.05) is 60.7 Å². The summed E-state index contributed by atoms with van der Waals surface area (Å²) in [5.41, 5.74) is 3.93. The number of hydroxylamine groups is 1. The summed E-state index contributed by atoms with van der Waals surface area (Å²) in [6, 6.07) is 16.8. The van der Waals surface area contributed by atoms with Gasteiger partial charge in [-0.1, -0.05) is 60.7 Å². The molecule has 2 aromatic carbocycles. The lowest BCUT2D eigenvalue weighted by atomic mass is 10.0. The number of ketones is 1. The van der Waals surface area contributed by atoms with Crippen LogP contribution < -0.4 is 10.8 Å². The predicted octanol–water partition coefficient (Wildman–Crippen LogP) is 1.93. The van der Waals surface area contributed by atoms with Crippen LogP contribution in [0.15, 0.2) is 60.7 Å². The maximum absolute atomic E-state index is 13.2. The third-order valence-electron chi connectivity index (χ3n) is 6.15. The zero-order chi connectivity index (χ0) is 23.9. The quantitative estimate of drug-likeness (QED) is 0.391. The Morgan fingerprint density at radius 3 is 2.24 bits per heavy atom. The maximum atomic E-state index is 13.2. The molecule has 178 valence electrons. The van der Waals surface area contributed by atoms with Crippen LogP contribution in [0.3, 0.4) is 0 Å². The third kappa shape index (κ3) is 6.29. The van der Waals surface area contributed by atoms with Crippen LogP contribution in [0.4, 0.5) is 0 Å². The van der Waals surface area contributed by atoms with Gasteiger partial charge in [0.15, 0.2) is 0 Å². The van der Waals surface area contributed by atoms with Gasteiger partial charge in [-0.3, -0.25) is 24.0 Å². The number of rotatable bonds is 11. The standard InChI is InChI=1S/C26H29N3O5/c30-23-14-13-22(29(23)16-19-9-5-2-6-10-19)25(32)27-21(15-18-7-3-1-4-8-18)24(31)26(33)28-34-17-20-11-12-20/h1-10,20-22H,11-17H2,(H,27,32)(H,28,33). The Balaban J connectivity index is 1.44. The van der Waals surface area contributed by atoms with Crippen LogP contribution >= 0.6 is 0 Å².